The molecule has 2 N–H and O–H groups in total. The van der Waals surface area contributed by atoms with Crippen LogP contribution in [0.25, 0.3) is 0 Å². The van der Waals surface area contributed by atoms with Crippen LogP contribution in [-0.4, -0.2) is 35.4 Å². The molecule has 0 aliphatic carbocycles. The lowest BCUT2D eigenvalue weighted by molar-refractivity contribution is -0.116. The summed E-state index contributed by atoms with van der Waals surface area (Å²) < 4.78 is 0. The summed E-state index contributed by atoms with van der Waals surface area (Å²) in [4.78, 5) is 25.6. The van der Waals surface area contributed by atoms with Crippen molar-refractivity contribution in [3.63, 3.8) is 0 Å². The largest absolute Gasteiger partial charge is 0.507 e. The van der Waals surface area contributed by atoms with Gasteiger partial charge in [-0.3, -0.25) is 9.59 Å². The number of nitrogens with zero attached hydrogens (tertiary/aromatic N) is 1. The Morgan fingerprint density at radius 3 is 2.48 bits per heavy atom. The van der Waals surface area contributed by atoms with Crippen molar-refractivity contribution in [2.75, 3.05) is 18.9 Å². The van der Waals surface area contributed by atoms with Crippen LogP contribution < -0.4 is 5.32 Å². The van der Waals surface area contributed by atoms with Crippen molar-refractivity contribution in [1.82, 2.24) is 4.90 Å². The molecule has 2 rings (SSSR count). The van der Waals surface area contributed by atoms with Gasteiger partial charge >= 0.3 is 0 Å². The number of halogens is 1. The van der Waals surface area contributed by atoms with Gasteiger partial charge in [0.15, 0.2) is 0 Å². The van der Waals surface area contributed by atoms with Gasteiger partial charge in [0, 0.05) is 17.8 Å². The Hall–Kier alpha value is -2.53. The van der Waals surface area contributed by atoms with Gasteiger partial charge in [0.05, 0.1) is 12.1 Å². The molecule has 0 aliphatic heterocycles. The molecule has 0 saturated carbocycles. The van der Waals surface area contributed by atoms with E-state index in [1.54, 1.807) is 43.3 Å². The Morgan fingerprint density at radius 1 is 1.17 bits per heavy atom. The molecule has 5 nitrogen and oxygen atoms in total. The standard InChI is InChI=1S/C17H17ClN2O3/c1-11-4-3-5-14(16(11)22)17(23)20(2)10-15(21)19-13-8-6-12(18)7-9-13/h3-9,22H,10H2,1-2H3,(H,19,21). The molecule has 0 aliphatic rings. The molecular weight excluding hydrogens is 316 g/mol. The predicted octanol–water partition coefficient (Wildman–Crippen LogP) is 3.06. The van der Waals surface area contributed by atoms with Gasteiger partial charge < -0.3 is 15.3 Å². The Kier molecular flexibility index (Phi) is 5.24. The van der Waals surface area contributed by atoms with E-state index in [4.69, 9.17) is 11.6 Å². The number of carbonyl (C=O) groups excluding carboxylic acids is 2. The van der Waals surface area contributed by atoms with Crippen LogP contribution in [0.4, 0.5) is 5.69 Å². The van der Waals surface area contributed by atoms with Crippen LogP contribution in [0.5, 0.6) is 5.75 Å². The molecule has 0 radical (unpaired) electrons. The third-order valence-corrected chi connectivity index (χ3v) is 3.58. The fraction of sp³-hybridized carbons (Fsp3) is 0.176. The van der Waals surface area contributed by atoms with E-state index in [9.17, 15) is 14.7 Å². The summed E-state index contributed by atoms with van der Waals surface area (Å²) in [6.07, 6.45) is 0. The number of likely N-dealkylation sites (N-methyl/N-ethyl adjacent to an activating group) is 1. The van der Waals surface area contributed by atoms with Crippen LogP contribution in [-0.2, 0) is 4.79 Å². The Bertz CT molecular complexity index is 729. The number of nitrogens with one attached hydrogen (secondary N) is 1. The molecule has 0 fully saturated rings. The number of carbonyl (C=O) groups is 2. The first-order valence-electron chi connectivity index (χ1n) is 6.98. The number of phenols is 1. The Morgan fingerprint density at radius 2 is 1.83 bits per heavy atom. The van der Waals surface area contributed by atoms with Gasteiger partial charge in [-0.15, -0.1) is 0 Å². The zero-order chi connectivity index (χ0) is 17.0. The second-order valence-electron chi connectivity index (χ2n) is 5.19. The SMILES string of the molecule is Cc1cccc(C(=O)N(C)CC(=O)Nc2ccc(Cl)cc2)c1O. The first kappa shape index (κ1) is 16.8. The quantitative estimate of drug-likeness (QED) is 0.904. The smallest absolute Gasteiger partial charge is 0.257 e. The van der Waals surface area contributed by atoms with E-state index in [1.165, 1.54) is 18.0 Å². The van der Waals surface area contributed by atoms with E-state index in [-0.39, 0.29) is 23.8 Å². The topological polar surface area (TPSA) is 69.6 Å². The molecular formula is C17H17ClN2O3. The lowest BCUT2D eigenvalue weighted by Crippen LogP contribution is -2.35. The van der Waals surface area contributed by atoms with E-state index < -0.39 is 5.91 Å². The van der Waals surface area contributed by atoms with Crippen LogP contribution >= 0.6 is 11.6 Å². The van der Waals surface area contributed by atoms with Crippen molar-refractivity contribution in [3.8, 4) is 5.75 Å². The molecule has 2 aromatic carbocycles. The van der Waals surface area contributed by atoms with Crippen LogP contribution in [0.2, 0.25) is 5.02 Å². The highest BCUT2D eigenvalue weighted by atomic mass is 35.5. The number of hydrogen-bond donors (Lipinski definition) is 2. The van der Waals surface area contributed by atoms with Gasteiger partial charge in [0.1, 0.15) is 5.75 Å². The molecule has 0 unspecified atom stereocenters. The zero-order valence-corrected chi connectivity index (χ0v) is 13.6. The number of aromatic hydroxyl groups is 1. The number of hydrogen-bond acceptors (Lipinski definition) is 3. The summed E-state index contributed by atoms with van der Waals surface area (Å²) in [5.74, 6) is -0.824. The number of anilines is 1. The monoisotopic (exact) mass is 332 g/mol. The molecule has 2 aromatic rings. The molecule has 0 heterocycles. The van der Waals surface area contributed by atoms with Gasteiger partial charge in [-0.1, -0.05) is 23.7 Å². The van der Waals surface area contributed by atoms with Gasteiger partial charge in [-0.2, -0.15) is 0 Å². The average Bonchev–Trinajstić information content (AvgIpc) is 2.51. The molecule has 0 bridgehead atoms. The minimum Gasteiger partial charge on any atom is -0.507 e. The fourth-order valence-electron chi connectivity index (χ4n) is 2.06. The van der Waals surface area contributed by atoms with E-state index in [1.807, 2.05) is 0 Å². The Balaban J connectivity index is 2.01. The van der Waals surface area contributed by atoms with Gasteiger partial charge in [0.25, 0.3) is 5.91 Å². The first-order valence-corrected chi connectivity index (χ1v) is 7.35. The first-order chi connectivity index (χ1) is 10.9. The second-order valence-corrected chi connectivity index (χ2v) is 5.62. The number of rotatable bonds is 4. The molecule has 0 atom stereocenters. The van der Waals surface area contributed by atoms with E-state index >= 15 is 0 Å². The Labute approximate surface area is 139 Å². The molecule has 0 spiro atoms. The van der Waals surface area contributed by atoms with E-state index in [0.717, 1.165) is 0 Å². The normalized spacial score (nSPS) is 10.2. The minimum atomic E-state index is -0.419. The van der Waals surface area contributed by atoms with Crippen molar-refractivity contribution in [2.24, 2.45) is 0 Å². The van der Waals surface area contributed by atoms with Crippen molar-refractivity contribution >= 4 is 29.1 Å². The molecule has 23 heavy (non-hydrogen) atoms. The summed E-state index contributed by atoms with van der Waals surface area (Å²) in [5.41, 5.74) is 1.38. The lowest BCUT2D eigenvalue weighted by atomic mass is 10.1. The van der Waals surface area contributed by atoms with E-state index in [0.29, 0.717) is 16.3 Å². The van der Waals surface area contributed by atoms with Crippen LogP contribution in [0.3, 0.4) is 0 Å². The van der Waals surface area contributed by atoms with Crippen molar-refractivity contribution in [2.45, 2.75) is 6.92 Å². The van der Waals surface area contributed by atoms with Crippen molar-refractivity contribution < 1.29 is 14.7 Å². The predicted molar refractivity (Wildman–Crippen MR) is 89.9 cm³/mol. The maximum Gasteiger partial charge on any atom is 0.257 e. The summed E-state index contributed by atoms with van der Waals surface area (Å²) >= 11 is 5.78. The summed E-state index contributed by atoms with van der Waals surface area (Å²) in [5, 5.41) is 13.2. The number of aryl methyl sites for hydroxylation is 1. The second kappa shape index (κ2) is 7.15. The summed E-state index contributed by atoms with van der Waals surface area (Å²) in [6, 6.07) is 11.6. The highest BCUT2D eigenvalue weighted by Gasteiger charge is 2.18. The third kappa shape index (κ3) is 4.23. The number of para-hydroxylation sites is 1. The molecule has 6 heteroatoms. The average molecular weight is 333 g/mol. The van der Waals surface area contributed by atoms with Gasteiger partial charge in [-0.25, -0.2) is 0 Å². The zero-order valence-electron chi connectivity index (χ0n) is 12.8. The maximum absolute atomic E-state index is 12.3. The fourth-order valence-corrected chi connectivity index (χ4v) is 2.18. The van der Waals surface area contributed by atoms with Crippen LogP contribution in [0, 0.1) is 6.92 Å². The minimum absolute atomic E-state index is 0.0672. The molecule has 120 valence electrons. The maximum atomic E-state index is 12.3. The lowest BCUT2D eigenvalue weighted by Gasteiger charge is -2.18. The van der Waals surface area contributed by atoms with Gasteiger partial charge in [-0.05, 0) is 42.8 Å². The van der Waals surface area contributed by atoms with Crippen LogP contribution in [0.15, 0.2) is 42.5 Å². The van der Waals surface area contributed by atoms with E-state index in [2.05, 4.69) is 5.32 Å². The summed E-state index contributed by atoms with van der Waals surface area (Å²) in [6.45, 7) is 1.58. The number of amides is 2. The van der Waals surface area contributed by atoms with Crippen molar-refractivity contribution in [1.29, 1.82) is 0 Å². The van der Waals surface area contributed by atoms with Crippen molar-refractivity contribution in [3.05, 3.63) is 58.6 Å². The summed E-state index contributed by atoms with van der Waals surface area (Å²) in [7, 11) is 1.51. The highest BCUT2D eigenvalue weighted by Crippen LogP contribution is 2.22. The number of phenolic OH excluding ortho intramolecular Hbond substituents is 1. The van der Waals surface area contributed by atoms with Gasteiger partial charge in [0.2, 0.25) is 5.91 Å². The molecule has 0 aromatic heterocycles. The molecule has 2 amide bonds. The highest BCUT2D eigenvalue weighted by molar-refractivity contribution is 6.30. The van der Waals surface area contributed by atoms with Crippen LogP contribution in [0.1, 0.15) is 15.9 Å². The third-order valence-electron chi connectivity index (χ3n) is 3.32. The molecule has 0 saturated heterocycles. The number of benzene rings is 2.